The second-order valence-electron chi connectivity index (χ2n) is 3.75. The zero-order valence-electron chi connectivity index (χ0n) is 8.50. The molecule has 4 N–H and O–H groups in total. The van der Waals surface area contributed by atoms with Gasteiger partial charge in [-0.15, -0.1) is 0 Å². The number of hydrogen-bond donors (Lipinski definition) is 3. The maximum absolute atomic E-state index is 11.5. The SMILES string of the molecule is NC1C[C@@H](CO)O[C@H]1n1ccc(=O)[nH]c1=O. The van der Waals surface area contributed by atoms with Crippen molar-refractivity contribution in [2.45, 2.75) is 24.8 Å². The van der Waals surface area contributed by atoms with Crippen LogP contribution in [0.4, 0.5) is 0 Å². The maximum atomic E-state index is 11.5. The van der Waals surface area contributed by atoms with E-state index in [2.05, 4.69) is 4.98 Å². The molecule has 1 aromatic rings. The molecule has 0 radical (unpaired) electrons. The van der Waals surface area contributed by atoms with Gasteiger partial charge in [-0.25, -0.2) is 4.79 Å². The van der Waals surface area contributed by atoms with E-state index < -0.39 is 17.5 Å². The van der Waals surface area contributed by atoms with Crippen LogP contribution in [0.15, 0.2) is 21.9 Å². The van der Waals surface area contributed by atoms with Crippen LogP contribution in [0.1, 0.15) is 12.6 Å². The van der Waals surface area contributed by atoms with Crippen LogP contribution in [0, 0.1) is 0 Å². The summed E-state index contributed by atoms with van der Waals surface area (Å²) in [5.41, 5.74) is 4.77. The van der Waals surface area contributed by atoms with Crippen molar-refractivity contribution in [3.63, 3.8) is 0 Å². The molecule has 1 aliphatic heterocycles. The molecule has 3 atom stereocenters. The first-order valence-electron chi connectivity index (χ1n) is 4.95. The van der Waals surface area contributed by atoms with Gasteiger partial charge in [0.2, 0.25) is 0 Å². The molecule has 1 fully saturated rings. The van der Waals surface area contributed by atoms with Gasteiger partial charge in [0, 0.05) is 12.3 Å². The third-order valence-corrected chi connectivity index (χ3v) is 2.56. The van der Waals surface area contributed by atoms with Crippen LogP contribution in [-0.4, -0.2) is 33.4 Å². The molecule has 0 saturated carbocycles. The van der Waals surface area contributed by atoms with Crippen molar-refractivity contribution >= 4 is 0 Å². The molecule has 0 amide bonds. The predicted molar refractivity (Wildman–Crippen MR) is 54.9 cm³/mol. The number of aromatic amines is 1. The smallest absolute Gasteiger partial charge is 0.330 e. The van der Waals surface area contributed by atoms with Gasteiger partial charge >= 0.3 is 5.69 Å². The monoisotopic (exact) mass is 227 g/mol. The van der Waals surface area contributed by atoms with E-state index in [1.165, 1.54) is 16.8 Å². The first-order chi connectivity index (χ1) is 7.61. The molecule has 0 aliphatic carbocycles. The average Bonchev–Trinajstić information content (AvgIpc) is 2.60. The molecule has 88 valence electrons. The second-order valence-corrected chi connectivity index (χ2v) is 3.75. The fourth-order valence-corrected chi connectivity index (χ4v) is 1.79. The van der Waals surface area contributed by atoms with Crippen molar-refractivity contribution in [3.8, 4) is 0 Å². The standard InChI is InChI=1S/C9H13N3O4/c10-6-3-5(4-13)16-8(6)12-2-1-7(14)11-9(12)15/h1-2,5-6,8,13H,3-4,10H2,(H,11,14,15)/t5-,6?,8+/m0/s1. The third-order valence-electron chi connectivity index (χ3n) is 2.56. The highest BCUT2D eigenvalue weighted by Crippen LogP contribution is 2.25. The molecule has 2 heterocycles. The van der Waals surface area contributed by atoms with Gasteiger partial charge in [0.15, 0.2) is 6.23 Å². The summed E-state index contributed by atoms with van der Waals surface area (Å²) in [7, 11) is 0. The third kappa shape index (κ3) is 1.92. The number of aliphatic hydroxyl groups is 1. The highest BCUT2D eigenvalue weighted by molar-refractivity contribution is 4.90. The van der Waals surface area contributed by atoms with E-state index in [-0.39, 0.29) is 18.8 Å². The van der Waals surface area contributed by atoms with E-state index in [1.807, 2.05) is 0 Å². The van der Waals surface area contributed by atoms with E-state index in [0.29, 0.717) is 6.42 Å². The first-order valence-corrected chi connectivity index (χ1v) is 4.95. The minimum Gasteiger partial charge on any atom is -0.394 e. The molecular formula is C9H13N3O4. The summed E-state index contributed by atoms with van der Waals surface area (Å²) >= 11 is 0. The van der Waals surface area contributed by atoms with Crippen LogP contribution in [-0.2, 0) is 4.74 Å². The Morgan fingerprint density at radius 3 is 2.94 bits per heavy atom. The maximum Gasteiger partial charge on any atom is 0.330 e. The van der Waals surface area contributed by atoms with E-state index >= 15 is 0 Å². The van der Waals surface area contributed by atoms with E-state index in [9.17, 15) is 9.59 Å². The molecule has 1 saturated heterocycles. The Kier molecular flexibility index (Phi) is 2.90. The van der Waals surface area contributed by atoms with E-state index in [0.717, 1.165) is 0 Å². The number of nitrogens with two attached hydrogens (primary N) is 1. The Morgan fingerprint density at radius 2 is 2.38 bits per heavy atom. The van der Waals surface area contributed by atoms with Crippen LogP contribution in [0.25, 0.3) is 0 Å². The van der Waals surface area contributed by atoms with Crippen LogP contribution < -0.4 is 17.0 Å². The Hall–Kier alpha value is -1.44. The van der Waals surface area contributed by atoms with Crippen molar-refractivity contribution in [3.05, 3.63) is 33.1 Å². The molecule has 0 spiro atoms. The van der Waals surface area contributed by atoms with Crippen molar-refractivity contribution in [1.29, 1.82) is 0 Å². The largest absolute Gasteiger partial charge is 0.394 e. The van der Waals surface area contributed by atoms with Gasteiger partial charge in [-0.3, -0.25) is 14.3 Å². The van der Waals surface area contributed by atoms with Gasteiger partial charge in [0.25, 0.3) is 5.56 Å². The lowest BCUT2D eigenvalue weighted by Crippen LogP contribution is -2.37. The molecule has 1 aromatic heterocycles. The Balaban J connectivity index is 2.31. The van der Waals surface area contributed by atoms with Crippen molar-refractivity contribution in [2.75, 3.05) is 6.61 Å². The van der Waals surface area contributed by atoms with E-state index in [4.69, 9.17) is 15.6 Å². The lowest BCUT2D eigenvalue weighted by atomic mass is 10.2. The highest BCUT2D eigenvalue weighted by Gasteiger charge is 2.33. The van der Waals surface area contributed by atoms with Gasteiger partial charge in [0.1, 0.15) is 0 Å². The normalized spacial score (nSPS) is 29.5. The van der Waals surface area contributed by atoms with Crippen LogP contribution in [0.3, 0.4) is 0 Å². The Morgan fingerprint density at radius 1 is 1.62 bits per heavy atom. The van der Waals surface area contributed by atoms with Crippen LogP contribution in [0.2, 0.25) is 0 Å². The second kappa shape index (κ2) is 4.20. The minimum atomic E-state index is -0.638. The van der Waals surface area contributed by atoms with Gasteiger partial charge in [-0.1, -0.05) is 0 Å². The topological polar surface area (TPSA) is 110 Å². The number of hydrogen-bond acceptors (Lipinski definition) is 5. The molecule has 0 bridgehead atoms. The first kappa shape index (κ1) is 11.1. The summed E-state index contributed by atoms with van der Waals surface area (Å²) < 4.78 is 6.62. The number of rotatable bonds is 2. The molecule has 2 rings (SSSR count). The fourth-order valence-electron chi connectivity index (χ4n) is 1.79. The number of ether oxygens (including phenoxy) is 1. The summed E-state index contributed by atoms with van der Waals surface area (Å²) in [6.07, 6.45) is 0.818. The molecule has 0 aromatic carbocycles. The zero-order valence-corrected chi connectivity index (χ0v) is 8.50. The van der Waals surface area contributed by atoms with Crippen molar-refractivity contribution in [1.82, 2.24) is 9.55 Å². The number of aromatic nitrogens is 2. The molecule has 7 nitrogen and oxygen atoms in total. The summed E-state index contributed by atoms with van der Waals surface area (Å²) in [5.74, 6) is 0. The number of nitrogens with zero attached hydrogens (tertiary/aromatic N) is 1. The average molecular weight is 227 g/mol. The molecular weight excluding hydrogens is 214 g/mol. The number of aliphatic hydroxyl groups excluding tert-OH is 1. The molecule has 1 aliphatic rings. The van der Waals surface area contributed by atoms with Crippen LogP contribution in [0.5, 0.6) is 0 Å². The molecule has 7 heteroatoms. The number of H-pyrrole nitrogens is 1. The Bertz CT molecular complexity index is 480. The lowest BCUT2D eigenvalue weighted by molar-refractivity contribution is -0.0279. The summed E-state index contributed by atoms with van der Waals surface area (Å²) in [6, 6.07) is 0.852. The predicted octanol–water partition coefficient (Wildman–Crippen LogP) is -1.86. The number of nitrogens with one attached hydrogen (secondary N) is 1. The van der Waals surface area contributed by atoms with Crippen molar-refractivity contribution in [2.24, 2.45) is 5.73 Å². The van der Waals surface area contributed by atoms with Gasteiger partial charge in [-0.05, 0) is 6.42 Å². The van der Waals surface area contributed by atoms with E-state index in [1.54, 1.807) is 0 Å². The van der Waals surface area contributed by atoms with Gasteiger partial charge in [0.05, 0.1) is 18.8 Å². The summed E-state index contributed by atoms with van der Waals surface area (Å²) in [5, 5.41) is 8.94. The van der Waals surface area contributed by atoms with Crippen LogP contribution >= 0.6 is 0 Å². The Labute approximate surface area is 90.5 Å². The summed E-state index contributed by atoms with van der Waals surface area (Å²) in [6.45, 7) is -0.137. The highest BCUT2D eigenvalue weighted by atomic mass is 16.5. The minimum absolute atomic E-state index is 0.137. The lowest BCUT2D eigenvalue weighted by Gasteiger charge is -2.17. The molecule has 16 heavy (non-hydrogen) atoms. The van der Waals surface area contributed by atoms with Gasteiger partial charge < -0.3 is 15.6 Å². The van der Waals surface area contributed by atoms with Crippen molar-refractivity contribution < 1.29 is 9.84 Å². The summed E-state index contributed by atoms with van der Waals surface area (Å²) in [4.78, 5) is 24.5. The fraction of sp³-hybridized carbons (Fsp3) is 0.556. The molecule has 1 unspecified atom stereocenters. The van der Waals surface area contributed by atoms with Gasteiger partial charge in [-0.2, -0.15) is 0 Å². The quantitative estimate of drug-likeness (QED) is 0.549. The zero-order chi connectivity index (χ0) is 11.7.